The number of carboxylic acid groups (broad SMARTS) is 1. The Morgan fingerprint density at radius 1 is 1.27 bits per heavy atom. The molecule has 1 saturated heterocycles. The van der Waals surface area contributed by atoms with E-state index in [1.807, 2.05) is 0 Å². The average Bonchev–Trinajstić information content (AvgIpc) is 2.63. The molecule has 0 bridgehead atoms. The lowest BCUT2D eigenvalue weighted by Gasteiger charge is -2.42. The van der Waals surface area contributed by atoms with Crippen LogP contribution in [-0.2, 0) is 16.0 Å². The SMILES string of the molecule is CC(=O)N[C@@H](Cc1cc(F)cc(F)c1)[C@H](O)[C@H]1CO[C@@H](CCC(C)C)CN1C(=O)O. The van der Waals surface area contributed by atoms with E-state index >= 15 is 0 Å². The van der Waals surface area contributed by atoms with E-state index in [9.17, 15) is 28.6 Å². The summed E-state index contributed by atoms with van der Waals surface area (Å²) in [6.07, 6.45) is -1.30. The molecule has 0 spiro atoms. The maximum Gasteiger partial charge on any atom is 0.407 e. The van der Waals surface area contributed by atoms with Gasteiger partial charge in [0.25, 0.3) is 0 Å². The van der Waals surface area contributed by atoms with E-state index in [1.165, 1.54) is 6.92 Å². The number of aliphatic hydroxyl groups excluding tert-OH is 1. The van der Waals surface area contributed by atoms with Gasteiger partial charge in [0.2, 0.25) is 5.91 Å². The predicted octanol–water partition coefficient (Wildman–Crippen LogP) is 2.56. The molecule has 0 aliphatic carbocycles. The first kappa shape index (κ1) is 24.0. The Labute approximate surface area is 175 Å². The molecule has 2 amide bonds. The number of carbonyl (C=O) groups excluding carboxylic acids is 1. The number of halogens is 2. The number of hydrogen-bond donors (Lipinski definition) is 3. The first-order chi connectivity index (χ1) is 14.1. The fourth-order valence-electron chi connectivity index (χ4n) is 3.70. The summed E-state index contributed by atoms with van der Waals surface area (Å²) in [5, 5.41) is 23.1. The first-order valence-corrected chi connectivity index (χ1v) is 10.1. The highest BCUT2D eigenvalue weighted by Crippen LogP contribution is 2.22. The number of rotatable bonds is 8. The fraction of sp³-hybridized carbons (Fsp3) is 0.619. The molecule has 7 nitrogen and oxygen atoms in total. The Hall–Kier alpha value is -2.26. The topological polar surface area (TPSA) is 99.1 Å². The van der Waals surface area contributed by atoms with Crippen molar-refractivity contribution in [3.05, 3.63) is 35.4 Å². The second-order valence-electron chi connectivity index (χ2n) is 8.21. The Morgan fingerprint density at radius 3 is 2.43 bits per heavy atom. The minimum absolute atomic E-state index is 0.0379. The van der Waals surface area contributed by atoms with E-state index in [0.29, 0.717) is 12.3 Å². The van der Waals surface area contributed by atoms with Crippen molar-refractivity contribution in [3.63, 3.8) is 0 Å². The molecule has 2 rings (SSSR count). The van der Waals surface area contributed by atoms with Crippen LogP contribution in [0.25, 0.3) is 0 Å². The third-order valence-electron chi connectivity index (χ3n) is 5.19. The van der Waals surface area contributed by atoms with Crippen molar-refractivity contribution >= 4 is 12.0 Å². The highest BCUT2D eigenvalue weighted by atomic mass is 19.1. The van der Waals surface area contributed by atoms with Crippen molar-refractivity contribution in [2.75, 3.05) is 13.2 Å². The molecular weight excluding hydrogens is 398 g/mol. The Kier molecular flexibility index (Phi) is 8.54. The van der Waals surface area contributed by atoms with Crippen molar-refractivity contribution in [1.82, 2.24) is 10.2 Å². The number of nitrogens with one attached hydrogen (secondary N) is 1. The molecule has 168 valence electrons. The van der Waals surface area contributed by atoms with E-state index < -0.39 is 41.8 Å². The highest BCUT2D eigenvalue weighted by molar-refractivity contribution is 5.73. The zero-order valence-corrected chi connectivity index (χ0v) is 17.5. The van der Waals surface area contributed by atoms with E-state index in [1.54, 1.807) is 0 Å². The summed E-state index contributed by atoms with van der Waals surface area (Å²) < 4.78 is 32.9. The van der Waals surface area contributed by atoms with Crippen LogP contribution in [0.5, 0.6) is 0 Å². The summed E-state index contributed by atoms with van der Waals surface area (Å²) in [6, 6.07) is 1.07. The number of nitrogens with zero attached hydrogens (tertiary/aromatic N) is 1. The van der Waals surface area contributed by atoms with Gasteiger partial charge < -0.3 is 20.3 Å². The quantitative estimate of drug-likeness (QED) is 0.591. The summed E-state index contributed by atoms with van der Waals surface area (Å²) in [5.74, 6) is -1.56. The highest BCUT2D eigenvalue weighted by Gasteiger charge is 2.40. The molecule has 1 fully saturated rings. The lowest BCUT2D eigenvalue weighted by Crippen LogP contribution is -2.61. The van der Waals surface area contributed by atoms with Crippen molar-refractivity contribution in [2.45, 2.75) is 64.3 Å². The summed E-state index contributed by atoms with van der Waals surface area (Å²) in [4.78, 5) is 24.6. The summed E-state index contributed by atoms with van der Waals surface area (Å²) >= 11 is 0. The van der Waals surface area contributed by atoms with Crippen molar-refractivity contribution in [3.8, 4) is 0 Å². The monoisotopic (exact) mass is 428 g/mol. The number of carbonyl (C=O) groups is 2. The van der Waals surface area contributed by atoms with Gasteiger partial charge in [0.1, 0.15) is 11.6 Å². The van der Waals surface area contributed by atoms with Crippen molar-refractivity contribution in [1.29, 1.82) is 0 Å². The van der Waals surface area contributed by atoms with Crippen LogP contribution in [0.4, 0.5) is 13.6 Å². The molecule has 1 heterocycles. The Morgan fingerprint density at radius 2 is 1.90 bits per heavy atom. The van der Waals surface area contributed by atoms with Gasteiger partial charge in [-0.25, -0.2) is 13.6 Å². The molecule has 1 aliphatic rings. The normalized spacial score (nSPS) is 21.4. The van der Waals surface area contributed by atoms with Gasteiger partial charge in [-0.2, -0.15) is 0 Å². The molecule has 3 N–H and O–H groups in total. The van der Waals surface area contributed by atoms with Gasteiger partial charge in [-0.15, -0.1) is 0 Å². The van der Waals surface area contributed by atoms with Crippen LogP contribution in [0.3, 0.4) is 0 Å². The summed E-state index contributed by atoms with van der Waals surface area (Å²) in [7, 11) is 0. The molecule has 1 aromatic rings. The fourth-order valence-corrected chi connectivity index (χ4v) is 3.70. The smallest absolute Gasteiger partial charge is 0.407 e. The molecule has 30 heavy (non-hydrogen) atoms. The number of amides is 2. The molecule has 0 radical (unpaired) electrons. The zero-order chi connectivity index (χ0) is 22.4. The standard InChI is InChI=1S/C21H30F2N2O5/c1-12(2)4-5-17-10-25(21(28)29)19(11-30-17)20(27)18(24-13(3)26)8-14-6-15(22)9-16(23)7-14/h6-7,9,12,17-20,27H,4-5,8,10-11H2,1-3H3,(H,24,26)(H,28,29)/t17-,18-,19+,20-/m0/s1. The van der Waals surface area contributed by atoms with Crippen molar-refractivity contribution in [2.24, 2.45) is 5.92 Å². The van der Waals surface area contributed by atoms with Crippen LogP contribution in [0.15, 0.2) is 18.2 Å². The van der Waals surface area contributed by atoms with Gasteiger partial charge in [-0.05, 0) is 42.9 Å². The van der Waals surface area contributed by atoms with Crippen LogP contribution in [-0.4, -0.2) is 64.6 Å². The number of morpholine rings is 1. The molecule has 0 saturated carbocycles. The van der Waals surface area contributed by atoms with Gasteiger partial charge in [0.15, 0.2) is 0 Å². The third-order valence-corrected chi connectivity index (χ3v) is 5.19. The minimum Gasteiger partial charge on any atom is -0.465 e. The maximum absolute atomic E-state index is 13.5. The van der Waals surface area contributed by atoms with Crippen LogP contribution in [0.1, 0.15) is 39.2 Å². The molecule has 0 unspecified atom stereocenters. The van der Waals surface area contributed by atoms with E-state index in [0.717, 1.165) is 29.5 Å². The number of benzene rings is 1. The molecule has 4 atom stereocenters. The van der Waals surface area contributed by atoms with Gasteiger partial charge in [0.05, 0.1) is 37.4 Å². The minimum atomic E-state index is -1.33. The summed E-state index contributed by atoms with van der Waals surface area (Å²) in [5.41, 5.74) is 0.235. The third kappa shape index (κ3) is 6.91. The zero-order valence-electron chi connectivity index (χ0n) is 17.5. The van der Waals surface area contributed by atoms with Gasteiger partial charge in [-0.3, -0.25) is 9.69 Å². The molecular formula is C21H30F2N2O5. The first-order valence-electron chi connectivity index (χ1n) is 10.1. The number of hydrogen-bond acceptors (Lipinski definition) is 4. The molecule has 0 aromatic heterocycles. The van der Waals surface area contributed by atoms with E-state index in [2.05, 4.69) is 19.2 Å². The molecule has 1 aliphatic heterocycles. The number of ether oxygens (including phenoxy) is 1. The van der Waals surface area contributed by atoms with Crippen LogP contribution < -0.4 is 5.32 Å². The van der Waals surface area contributed by atoms with E-state index in [4.69, 9.17) is 4.74 Å². The second kappa shape index (κ2) is 10.7. The van der Waals surface area contributed by atoms with Crippen LogP contribution in [0.2, 0.25) is 0 Å². The predicted molar refractivity (Wildman–Crippen MR) is 106 cm³/mol. The molecule has 1 aromatic carbocycles. The second-order valence-corrected chi connectivity index (χ2v) is 8.21. The molecule has 9 heteroatoms. The Balaban J connectivity index is 2.17. The van der Waals surface area contributed by atoms with Crippen LogP contribution >= 0.6 is 0 Å². The summed E-state index contributed by atoms with van der Waals surface area (Å²) in [6.45, 7) is 5.45. The van der Waals surface area contributed by atoms with Gasteiger partial charge >= 0.3 is 6.09 Å². The lowest BCUT2D eigenvalue weighted by molar-refractivity contribution is -0.123. The Bertz CT molecular complexity index is 726. The lowest BCUT2D eigenvalue weighted by atomic mass is 9.94. The average molecular weight is 428 g/mol. The van der Waals surface area contributed by atoms with Gasteiger partial charge in [-0.1, -0.05) is 13.8 Å². The maximum atomic E-state index is 13.5. The van der Waals surface area contributed by atoms with Crippen molar-refractivity contribution < 1.29 is 33.3 Å². The number of aliphatic hydroxyl groups is 1. The van der Waals surface area contributed by atoms with E-state index in [-0.39, 0.29) is 31.2 Å². The largest absolute Gasteiger partial charge is 0.465 e. The van der Waals surface area contributed by atoms with Crippen LogP contribution in [0, 0.1) is 17.6 Å². The van der Waals surface area contributed by atoms with Gasteiger partial charge in [0, 0.05) is 13.0 Å².